The Hall–Kier alpha value is -2.04. The third-order valence-electron chi connectivity index (χ3n) is 4.91. The van der Waals surface area contributed by atoms with E-state index >= 15 is 0 Å². The van der Waals surface area contributed by atoms with Gasteiger partial charge in [0.15, 0.2) is 0 Å². The maximum atomic E-state index is 12.6. The molecule has 0 aliphatic carbocycles. The molecule has 0 atom stereocenters. The van der Waals surface area contributed by atoms with Crippen molar-refractivity contribution in [2.45, 2.75) is 59.4 Å². The van der Waals surface area contributed by atoms with Gasteiger partial charge < -0.3 is 4.90 Å². The number of anilines is 1. The standard InChI is InChI=1S/C20H30N4O/c1-20(2,3)12-15-24-19(25)23(16-21-24)18-10-8-17(9-11-18)22-13-6-4-5-7-14-22/h8-11,16H,4-7,12-15H2,1-3H3. The van der Waals surface area contributed by atoms with Crippen LogP contribution in [0.5, 0.6) is 0 Å². The first-order chi connectivity index (χ1) is 11.9. The molecule has 1 fully saturated rings. The molecule has 0 spiro atoms. The molecule has 0 amide bonds. The molecule has 136 valence electrons. The van der Waals surface area contributed by atoms with Crippen molar-refractivity contribution in [3.05, 3.63) is 41.1 Å². The van der Waals surface area contributed by atoms with Gasteiger partial charge in [0.1, 0.15) is 6.33 Å². The molecule has 0 saturated carbocycles. The second kappa shape index (κ2) is 7.46. The molecule has 1 saturated heterocycles. The Bertz CT molecular complexity index is 728. The minimum Gasteiger partial charge on any atom is -0.372 e. The second-order valence-corrected chi connectivity index (χ2v) is 8.23. The lowest BCUT2D eigenvalue weighted by Gasteiger charge is -2.22. The van der Waals surface area contributed by atoms with E-state index in [0.29, 0.717) is 6.54 Å². The third kappa shape index (κ3) is 4.53. The van der Waals surface area contributed by atoms with Crippen molar-refractivity contribution < 1.29 is 0 Å². The average molecular weight is 342 g/mol. The van der Waals surface area contributed by atoms with Crippen molar-refractivity contribution >= 4 is 5.69 Å². The van der Waals surface area contributed by atoms with E-state index in [9.17, 15) is 4.79 Å². The molecule has 0 unspecified atom stereocenters. The van der Waals surface area contributed by atoms with Gasteiger partial charge in [0.2, 0.25) is 0 Å². The van der Waals surface area contributed by atoms with Crippen LogP contribution in [-0.4, -0.2) is 27.4 Å². The Labute approximate surface area is 150 Å². The number of aromatic nitrogens is 3. The predicted octanol–water partition coefficient (Wildman–Crippen LogP) is 3.85. The normalized spacial score (nSPS) is 16.0. The van der Waals surface area contributed by atoms with Gasteiger partial charge in [-0.1, -0.05) is 33.6 Å². The summed E-state index contributed by atoms with van der Waals surface area (Å²) in [5.41, 5.74) is 2.26. The fourth-order valence-corrected chi connectivity index (χ4v) is 3.26. The molecule has 3 rings (SSSR count). The van der Waals surface area contributed by atoms with E-state index in [2.05, 4.69) is 42.9 Å². The van der Waals surface area contributed by atoms with Crippen LogP contribution in [0.25, 0.3) is 5.69 Å². The molecule has 2 heterocycles. The van der Waals surface area contributed by atoms with E-state index in [1.807, 2.05) is 12.1 Å². The van der Waals surface area contributed by atoms with Crippen molar-refractivity contribution in [3.8, 4) is 5.69 Å². The van der Waals surface area contributed by atoms with Crippen molar-refractivity contribution in [2.75, 3.05) is 18.0 Å². The van der Waals surface area contributed by atoms with Gasteiger partial charge in [-0.3, -0.25) is 0 Å². The largest absolute Gasteiger partial charge is 0.372 e. The number of hydrogen-bond acceptors (Lipinski definition) is 3. The Balaban J connectivity index is 1.74. The molecule has 1 aliphatic rings. The molecular formula is C20H30N4O. The zero-order chi connectivity index (χ0) is 17.9. The van der Waals surface area contributed by atoms with Crippen LogP contribution in [0.1, 0.15) is 52.9 Å². The van der Waals surface area contributed by atoms with E-state index in [0.717, 1.165) is 25.2 Å². The van der Waals surface area contributed by atoms with Crippen LogP contribution in [0, 0.1) is 5.41 Å². The molecule has 1 aliphatic heterocycles. The van der Waals surface area contributed by atoms with E-state index < -0.39 is 0 Å². The highest BCUT2D eigenvalue weighted by molar-refractivity contribution is 5.51. The summed E-state index contributed by atoms with van der Waals surface area (Å²) in [5.74, 6) is 0. The topological polar surface area (TPSA) is 43.1 Å². The van der Waals surface area contributed by atoms with Gasteiger partial charge in [-0.25, -0.2) is 14.0 Å². The van der Waals surface area contributed by atoms with Crippen molar-refractivity contribution in [3.63, 3.8) is 0 Å². The molecule has 0 N–H and O–H groups in total. The first kappa shape index (κ1) is 17.8. The fourth-order valence-electron chi connectivity index (χ4n) is 3.26. The quantitative estimate of drug-likeness (QED) is 0.847. The number of hydrogen-bond donors (Lipinski definition) is 0. The number of rotatable bonds is 4. The smallest absolute Gasteiger partial charge is 0.350 e. The summed E-state index contributed by atoms with van der Waals surface area (Å²) >= 11 is 0. The average Bonchev–Trinajstić information content (AvgIpc) is 2.77. The van der Waals surface area contributed by atoms with Crippen molar-refractivity contribution in [1.29, 1.82) is 0 Å². The summed E-state index contributed by atoms with van der Waals surface area (Å²) in [6.45, 7) is 9.44. The molecule has 0 bridgehead atoms. The summed E-state index contributed by atoms with van der Waals surface area (Å²) in [4.78, 5) is 15.0. The fraction of sp³-hybridized carbons (Fsp3) is 0.600. The first-order valence-corrected chi connectivity index (χ1v) is 9.44. The molecule has 1 aromatic carbocycles. The van der Waals surface area contributed by atoms with Crippen LogP contribution in [0.2, 0.25) is 0 Å². The van der Waals surface area contributed by atoms with Crippen LogP contribution in [0.15, 0.2) is 35.4 Å². The van der Waals surface area contributed by atoms with Crippen LogP contribution in [-0.2, 0) is 6.54 Å². The van der Waals surface area contributed by atoms with Gasteiger partial charge in [0.25, 0.3) is 0 Å². The highest BCUT2D eigenvalue weighted by Gasteiger charge is 2.14. The van der Waals surface area contributed by atoms with Gasteiger partial charge in [0.05, 0.1) is 5.69 Å². The van der Waals surface area contributed by atoms with E-state index in [1.165, 1.54) is 31.4 Å². The Morgan fingerprint density at radius 3 is 2.16 bits per heavy atom. The summed E-state index contributed by atoms with van der Waals surface area (Å²) in [6.07, 6.45) is 7.75. The minimum absolute atomic E-state index is 0.0632. The van der Waals surface area contributed by atoms with Gasteiger partial charge in [-0.05, 0) is 48.9 Å². The molecule has 0 radical (unpaired) electrons. The van der Waals surface area contributed by atoms with Gasteiger partial charge in [0, 0.05) is 25.3 Å². The van der Waals surface area contributed by atoms with Crippen molar-refractivity contribution in [1.82, 2.24) is 14.3 Å². The molecule has 5 nitrogen and oxygen atoms in total. The SMILES string of the molecule is CC(C)(C)CCn1ncn(-c2ccc(N3CCCCCC3)cc2)c1=O. The van der Waals surface area contributed by atoms with Gasteiger partial charge in [-0.2, -0.15) is 5.10 Å². The first-order valence-electron chi connectivity index (χ1n) is 9.44. The minimum atomic E-state index is -0.0632. The van der Waals surface area contributed by atoms with Crippen LogP contribution in [0.4, 0.5) is 5.69 Å². The Kier molecular flexibility index (Phi) is 5.30. The van der Waals surface area contributed by atoms with Gasteiger partial charge in [-0.15, -0.1) is 0 Å². The van der Waals surface area contributed by atoms with E-state index in [4.69, 9.17) is 0 Å². The number of nitrogens with zero attached hydrogens (tertiary/aromatic N) is 4. The second-order valence-electron chi connectivity index (χ2n) is 8.23. The molecule has 2 aromatic rings. The summed E-state index contributed by atoms with van der Waals surface area (Å²) in [7, 11) is 0. The van der Waals surface area contributed by atoms with E-state index in [-0.39, 0.29) is 11.1 Å². The zero-order valence-corrected chi connectivity index (χ0v) is 15.7. The van der Waals surface area contributed by atoms with Crippen LogP contribution >= 0.6 is 0 Å². The number of benzene rings is 1. The van der Waals surface area contributed by atoms with E-state index in [1.54, 1.807) is 15.6 Å². The van der Waals surface area contributed by atoms with Gasteiger partial charge >= 0.3 is 5.69 Å². The number of aryl methyl sites for hydroxylation is 1. The maximum absolute atomic E-state index is 12.6. The molecule has 5 heteroatoms. The maximum Gasteiger partial charge on any atom is 0.350 e. The summed E-state index contributed by atoms with van der Waals surface area (Å²) in [5, 5.41) is 4.28. The lowest BCUT2D eigenvalue weighted by molar-refractivity contribution is 0.337. The van der Waals surface area contributed by atoms with Crippen LogP contribution < -0.4 is 10.6 Å². The van der Waals surface area contributed by atoms with Crippen LogP contribution in [0.3, 0.4) is 0 Å². The monoisotopic (exact) mass is 342 g/mol. The lowest BCUT2D eigenvalue weighted by atomic mass is 9.92. The zero-order valence-electron chi connectivity index (χ0n) is 15.7. The summed E-state index contributed by atoms with van der Waals surface area (Å²) < 4.78 is 3.20. The van der Waals surface area contributed by atoms with Crippen molar-refractivity contribution in [2.24, 2.45) is 5.41 Å². The molecular weight excluding hydrogens is 312 g/mol. The lowest BCUT2D eigenvalue weighted by Crippen LogP contribution is -2.26. The summed E-state index contributed by atoms with van der Waals surface area (Å²) in [6, 6.07) is 8.30. The highest BCUT2D eigenvalue weighted by Crippen LogP contribution is 2.21. The third-order valence-corrected chi connectivity index (χ3v) is 4.91. The predicted molar refractivity (Wildman–Crippen MR) is 103 cm³/mol. The Morgan fingerprint density at radius 1 is 0.960 bits per heavy atom. The molecule has 1 aromatic heterocycles. The molecule has 25 heavy (non-hydrogen) atoms. The highest BCUT2D eigenvalue weighted by atomic mass is 16.2. The Morgan fingerprint density at radius 2 is 1.56 bits per heavy atom.